The van der Waals surface area contributed by atoms with Crippen molar-refractivity contribution < 1.29 is 9.53 Å². The Bertz CT molecular complexity index is 665. The van der Waals surface area contributed by atoms with Gasteiger partial charge in [-0.2, -0.15) is 0 Å². The van der Waals surface area contributed by atoms with Crippen LogP contribution in [-0.2, 0) is 4.74 Å². The van der Waals surface area contributed by atoms with Crippen LogP contribution in [0.3, 0.4) is 0 Å². The van der Waals surface area contributed by atoms with E-state index in [-0.39, 0.29) is 6.09 Å². The van der Waals surface area contributed by atoms with Crippen LogP contribution in [0.1, 0.15) is 19.8 Å². The van der Waals surface area contributed by atoms with E-state index in [1.807, 2.05) is 36.9 Å². The Morgan fingerprint density at radius 1 is 1.17 bits per heavy atom. The highest BCUT2D eigenvalue weighted by Crippen LogP contribution is 2.47. The molecule has 0 atom stereocenters. The zero-order valence-electron chi connectivity index (χ0n) is 13.6. The number of hydrogen-bond acceptors (Lipinski definition) is 6. The number of alkyl carbamates (subject to hydrolysis) is 1. The molecular formula is C17H20N4O2S. The molecule has 0 saturated heterocycles. The third kappa shape index (κ3) is 3.79. The number of carbonyl (C=O) groups excluding carboxylic acids is 1. The number of pyridine rings is 2. The SMILES string of the molecule is CCOC(=O)NCCCCN1c2ccncc2Sc2ccncc21. The van der Waals surface area contributed by atoms with Crippen molar-refractivity contribution in [2.45, 2.75) is 29.6 Å². The number of rotatable bonds is 6. The van der Waals surface area contributed by atoms with Crippen molar-refractivity contribution in [3.63, 3.8) is 0 Å². The third-order valence-electron chi connectivity index (χ3n) is 3.68. The van der Waals surface area contributed by atoms with E-state index >= 15 is 0 Å². The zero-order chi connectivity index (χ0) is 16.8. The Morgan fingerprint density at radius 3 is 2.88 bits per heavy atom. The Hall–Kier alpha value is -2.28. The number of hydrogen-bond donors (Lipinski definition) is 1. The van der Waals surface area contributed by atoms with Gasteiger partial charge in [-0.1, -0.05) is 11.8 Å². The van der Waals surface area contributed by atoms with Gasteiger partial charge in [0.25, 0.3) is 0 Å². The molecule has 0 aromatic carbocycles. The lowest BCUT2D eigenvalue weighted by Crippen LogP contribution is -2.27. The van der Waals surface area contributed by atoms with Crippen LogP contribution >= 0.6 is 11.8 Å². The molecule has 0 saturated carbocycles. The molecule has 6 nitrogen and oxygen atoms in total. The van der Waals surface area contributed by atoms with Crippen molar-refractivity contribution >= 4 is 29.2 Å². The first-order valence-electron chi connectivity index (χ1n) is 8.03. The fourth-order valence-electron chi connectivity index (χ4n) is 2.59. The van der Waals surface area contributed by atoms with Crippen LogP contribution in [0, 0.1) is 0 Å². The zero-order valence-corrected chi connectivity index (χ0v) is 14.4. The summed E-state index contributed by atoms with van der Waals surface area (Å²) < 4.78 is 4.85. The summed E-state index contributed by atoms with van der Waals surface area (Å²) in [5, 5.41) is 2.75. The standard InChI is InChI=1S/C17H20N4O2S/c1-2-23-17(22)20-7-3-4-10-21-13-5-8-19-12-16(13)24-15-6-9-18-11-14(15)21/h5-6,8-9,11-12H,2-4,7,10H2,1H3,(H,20,22). The first-order chi connectivity index (χ1) is 11.8. The molecule has 3 heterocycles. The lowest BCUT2D eigenvalue weighted by Gasteiger charge is -2.32. The molecule has 1 amide bonds. The molecule has 0 unspecified atom stereocenters. The number of amides is 1. The summed E-state index contributed by atoms with van der Waals surface area (Å²) >= 11 is 1.72. The maximum atomic E-state index is 11.3. The van der Waals surface area contributed by atoms with Crippen LogP contribution in [0.4, 0.5) is 16.2 Å². The van der Waals surface area contributed by atoms with Gasteiger partial charge in [-0.15, -0.1) is 0 Å². The molecule has 0 spiro atoms. The van der Waals surface area contributed by atoms with Crippen molar-refractivity contribution in [2.75, 3.05) is 24.6 Å². The Labute approximate surface area is 145 Å². The highest BCUT2D eigenvalue weighted by molar-refractivity contribution is 7.99. The second-order valence-electron chi connectivity index (χ2n) is 5.29. The van der Waals surface area contributed by atoms with E-state index in [4.69, 9.17) is 4.74 Å². The fourth-order valence-corrected chi connectivity index (χ4v) is 3.62. The summed E-state index contributed by atoms with van der Waals surface area (Å²) in [6, 6.07) is 4.07. The number of ether oxygens (including phenoxy) is 1. The van der Waals surface area contributed by atoms with Gasteiger partial charge in [0.1, 0.15) is 0 Å². The van der Waals surface area contributed by atoms with Gasteiger partial charge in [0.2, 0.25) is 0 Å². The minimum absolute atomic E-state index is 0.349. The maximum absolute atomic E-state index is 11.3. The molecular weight excluding hydrogens is 324 g/mol. The van der Waals surface area contributed by atoms with Crippen molar-refractivity contribution in [1.29, 1.82) is 0 Å². The van der Waals surface area contributed by atoms with E-state index in [2.05, 4.69) is 20.2 Å². The molecule has 2 aromatic rings. The molecule has 0 bridgehead atoms. The number of nitrogens with one attached hydrogen (secondary N) is 1. The second kappa shape index (κ2) is 8.01. The third-order valence-corrected chi connectivity index (χ3v) is 4.78. The lowest BCUT2D eigenvalue weighted by atomic mass is 10.2. The van der Waals surface area contributed by atoms with Gasteiger partial charge in [-0.25, -0.2) is 4.79 Å². The normalized spacial score (nSPS) is 12.3. The topological polar surface area (TPSA) is 67.3 Å². The van der Waals surface area contributed by atoms with Crippen molar-refractivity contribution in [1.82, 2.24) is 15.3 Å². The summed E-state index contributed by atoms with van der Waals surface area (Å²) in [5.41, 5.74) is 2.29. The monoisotopic (exact) mass is 344 g/mol. The first kappa shape index (κ1) is 16.6. The van der Waals surface area contributed by atoms with Crippen molar-refractivity contribution in [2.24, 2.45) is 0 Å². The molecule has 1 N–H and O–H groups in total. The van der Waals surface area contributed by atoms with Crippen LogP contribution in [0.2, 0.25) is 0 Å². The summed E-state index contributed by atoms with van der Waals surface area (Å²) in [4.78, 5) is 24.4. The average Bonchev–Trinajstić information content (AvgIpc) is 2.61. The van der Waals surface area contributed by atoms with E-state index < -0.39 is 0 Å². The van der Waals surface area contributed by atoms with Crippen LogP contribution in [-0.4, -0.2) is 35.8 Å². The van der Waals surface area contributed by atoms with E-state index in [0.29, 0.717) is 13.2 Å². The predicted octanol–water partition coefficient (Wildman–Crippen LogP) is 3.61. The fraction of sp³-hybridized carbons (Fsp3) is 0.353. The van der Waals surface area contributed by atoms with Gasteiger partial charge in [0.05, 0.1) is 29.1 Å². The number of unbranched alkanes of at least 4 members (excludes halogenated alkanes) is 1. The van der Waals surface area contributed by atoms with Gasteiger partial charge < -0.3 is 15.0 Å². The van der Waals surface area contributed by atoms with Crippen LogP contribution in [0.5, 0.6) is 0 Å². The van der Waals surface area contributed by atoms with Crippen molar-refractivity contribution in [3.05, 3.63) is 36.9 Å². The molecule has 126 valence electrons. The maximum Gasteiger partial charge on any atom is 0.407 e. The minimum atomic E-state index is -0.349. The number of aromatic nitrogens is 2. The smallest absolute Gasteiger partial charge is 0.407 e. The van der Waals surface area contributed by atoms with E-state index in [1.165, 1.54) is 4.90 Å². The summed E-state index contributed by atoms with van der Waals surface area (Å²) in [7, 11) is 0. The molecule has 24 heavy (non-hydrogen) atoms. The molecule has 0 fully saturated rings. The van der Waals surface area contributed by atoms with E-state index in [1.54, 1.807) is 18.7 Å². The molecule has 1 aliphatic rings. The molecule has 0 aliphatic carbocycles. The van der Waals surface area contributed by atoms with E-state index in [0.717, 1.165) is 35.7 Å². The molecule has 3 rings (SSSR count). The number of fused-ring (bicyclic) bond motifs is 2. The van der Waals surface area contributed by atoms with Crippen LogP contribution in [0.25, 0.3) is 0 Å². The quantitative estimate of drug-likeness (QED) is 0.808. The molecule has 7 heteroatoms. The number of nitrogens with zero attached hydrogens (tertiary/aromatic N) is 3. The molecule has 2 aromatic heterocycles. The summed E-state index contributed by atoms with van der Waals surface area (Å²) in [5.74, 6) is 0. The minimum Gasteiger partial charge on any atom is -0.450 e. The van der Waals surface area contributed by atoms with Gasteiger partial charge in [0, 0.05) is 36.6 Å². The lowest BCUT2D eigenvalue weighted by molar-refractivity contribution is 0.152. The highest BCUT2D eigenvalue weighted by Gasteiger charge is 2.23. The van der Waals surface area contributed by atoms with Gasteiger partial charge >= 0.3 is 6.09 Å². The molecule has 0 radical (unpaired) electrons. The summed E-state index contributed by atoms with van der Waals surface area (Å²) in [6.07, 6.45) is 8.93. The predicted molar refractivity (Wildman–Crippen MR) is 93.9 cm³/mol. The number of carbonyl (C=O) groups is 1. The Kier molecular flexibility index (Phi) is 5.53. The second-order valence-corrected chi connectivity index (χ2v) is 6.38. The molecule has 1 aliphatic heterocycles. The van der Waals surface area contributed by atoms with E-state index in [9.17, 15) is 4.79 Å². The van der Waals surface area contributed by atoms with Crippen LogP contribution < -0.4 is 10.2 Å². The van der Waals surface area contributed by atoms with Gasteiger partial charge in [-0.05, 0) is 31.9 Å². The van der Waals surface area contributed by atoms with Crippen LogP contribution in [0.15, 0.2) is 46.7 Å². The average molecular weight is 344 g/mol. The van der Waals surface area contributed by atoms with Gasteiger partial charge in [0.15, 0.2) is 0 Å². The largest absolute Gasteiger partial charge is 0.450 e. The highest BCUT2D eigenvalue weighted by atomic mass is 32.2. The Balaban J connectivity index is 1.62. The number of anilines is 2. The van der Waals surface area contributed by atoms with Crippen molar-refractivity contribution in [3.8, 4) is 0 Å². The Morgan fingerprint density at radius 2 is 2.00 bits per heavy atom. The first-order valence-corrected chi connectivity index (χ1v) is 8.85. The summed E-state index contributed by atoms with van der Waals surface area (Å²) in [6.45, 7) is 3.67. The van der Waals surface area contributed by atoms with Gasteiger partial charge in [-0.3, -0.25) is 9.97 Å².